The van der Waals surface area contributed by atoms with Gasteiger partial charge in [-0.2, -0.15) is 0 Å². The molecule has 5 nitrogen and oxygen atoms in total. The van der Waals surface area contributed by atoms with Crippen molar-refractivity contribution >= 4 is 16.7 Å². The van der Waals surface area contributed by atoms with E-state index in [1.807, 2.05) is 12.1 Å². The summed E-state index contributed by atoms with van der Waals surface area (Å²) in [7, 11) is 1.57. The molecule has 3 rings (SSSR count). The second kappa shape index (κ2) is 6.22. The first-order chi connectivity index (χ1) is 11.5. The maximum Gasteiger partial charge on any atom is 0.336 e. The Labute approximate surface area is 138 Å². The number of rotatable bonds is 4. The minimum absolute atomic E-state index is 0.0152. The molecular weight excluding hydrogens is 308 g/mol. The molecule has 0 aliphatic heterocycles. The molecule has 0 spiro atoms. The summed E-state index contributed by atoms with van der Waals surface area (Å²) in [6.07, 6.45) is 0. The molecule has 0 bridgehead atoms. The second-order valence-electron chi connectivity index (χ2n) is 5.37. The Bertz CT molecular complexity index is 913. The Morgan fingerprint density at radius 3 is 2.38 bits per heavy atom. The Morgan fingerprint density at radius 1 is 1.08 bits per heavy atom. The van der Waals surface area contributed by atoms with Crippen molar-refractivity contribution in [3.05, 3.63) is 59.7 Å². The molecule has 0 aliphatic carbocycles. The van der Waals surface area contributed by atoms with Gasteiger partial charge in [0.1, 0.15) is 11.5 Å². The van der Waals surface area contributed by atoms with Crippen molar-refractivity contribution in [2.45, 2.75) is 6.61 Å². The van der Waals surface area contributed by atoms with E-state index in [2.05, 4.69) is 0 Å². The highest BCUT2D eigenvalue weighted by Gasteiger charge is 2.19. The Balaban J connectivity index is 2.39. The highest BCUT2D eigenvalue weighted by Crippen LogP contribution is 2.36. The second-order valence-corrected chi connectivity index (χ2v) is 5.37. The number of aliphatic hydroxyl groups is 1. The van der Waals surface area contributed by atoms with Crippen molar-refractivity contribution in [3.63, 3.8) is 0 Å². The van der Waals surface area contributed by atoms with Crippen molar-refractivity contribution in [3.8, 4) is 22.6 Å². The molecule has 0 saturated heterocycles. The fourth-order valence-corrected chi connectivity index (χ4v) is 2.88. The van der Waals surface area contributed by atoms with E-state index in [1.54, 1.807) is 25.3 Å². The third-order valence-corrected chi connectivity index (χ3v) is 4.00. The third-order valence-electron chi connectivity index (χ3n) is 4.00. The topological polar surface area (TPSA) is 87.0 Å². The van der Waals surface area contributed by atoms with Crippen molar-refractivity contribution in [2.75, 3.05) is 7.11 Å². The summed E-state index contributed by atoms with van der Waals surface area (Å²) in [4.78, 5) is 11.6. The lowest BCUT2D eigenvalue weighted by Gasteiger charge is -2.15. The van der Waals surface area contributed by atoms with Crippen LogP contribution in [0.5, 0.6) is 11.5 Å². The smallest absolute Gasteiger partial charge is 0.336 e. The Hall–Kier alpha value is -3.05. The first-order valence-electron chi connectivity index (χ1n) is 7.32. The molecule has 0 atom stereocenters. The minimum Gasteiger partial charge on any atom is -0.508 e. The van der Waals surface area contributed by atoms with Crippen molar-refractivity contribution < 1.29 is 24.9 Å². The van der Waals surface area contributed by atoms with E-state index in [4.69, 9.17) is 4.74 Å². The number of phenols is 1. The molecule has 0 fully saturated rings. The van der Waals surface area contributed by atoms with Crippen LogP contribution >= 0.6 is 0 Å². The first kappa shape index (κ1) is 15.8. The van der Waals surface area contributed by atoms with Crippen LogP contribution in [0.25, 0.3) is 21.9 Å². The number of hydrogen-bond acceptors (Lipinski definition) is 4. The maximum absolute atomic E-state index is 11.6. The minimum atomic E-state index is -1.13. The van der Waals surface area contributed by atoms with Crippen LogP contribution < -0.4 is 4.74 Å². The number of hydrogen-bond donors (Lipinski definition) is 3. The largest absolute Gasteiger partial charge is 0.508 e. The summed E-state index contributed by atoms with van der Waals surface area (Å²) < 4.78 is 5.15. The van der Waals surface area contributed by atoms with Crippen LogP contribution in [0.4, 0.5) is 0 Å². The molecule has 5 heteroatoms. The van der Waals surface area contributed by atoms with Crippen LogP contribution in [-0.2, 0) is 6.61 Å². The van der Waals surface area contributed by atoms with Crippen LogP contribution in [-0.4, -0.2) is 28.4 Å². The van der Waals surface area contributed by atoms with Crippen LogP contribution in [0.3, 0.4) is 0 Å². The van der Waals surface area contributed by atoms with Gasteiger partial charge in [-0.1, -0.05) is 18.2 Å². The van der Waals surface area contributed by atoms with E-state index < -0.39 is 12.6 Å². The van der Waals surface area contributed by atoms with Crippen LogP contribution in [0.15, 0.2) is 48.5 Å². The monoisotopic (exact) mass is 324 g/mol. The van der Waals surface area contributed by atoms with Gasteiger partial charge >= 0.3 is 5.97 Å². The van der Waals surface area contributed by atoms with Crippen LogP contribution in [0, 0.1) is 0 Å². The molecule has 3 N–H and O–H groups in total. The summed E-state index contributed by atoms with van der Waals surface area (Å²) in [5.41, 5.74) is 1.75. The Morgan fingerprint density at radius 2 is 1.79 bits per heavy atom. The number of aliphatic hydroxyl groups excluding tert-OH is 1. The molecule has 122 valence electrons. The number of fused-ring (bicyclic) bond motifs is 1. The standard InChI is InChI=1S/C19H16O5/c1-24-14-5-2-11(3-6-14)18-15-7-4-13(21)8-12(15)9-16(19(22)23)17(18)10-20/h2-9,20-21H,10H2,1H3,(H,22,23). The number of benzene rings is 3. The van der Waals surface area contributed by atoms with Crippen molar-refractivity contribution in [2.24, 2.45) is 0 Å². The molecule has 3 aromatic rings. The number of methoxy groups -OCH3 is 1. The number of carboxylic acids is 1. The van der Waals surface area contributed by atoms with Gasteiger partial charge < -0.3 is 20.1 Å². The predicted octanol–water partition coefficient (Wildman–Crippen LogP) is 3.41. The average molecular weight is 324 g/mol. The number of ether oxygens (including phenoxy) is 1. The number of phenolic OH excluding ortho intramolecular Hbond substituents is 1. The lowest BCUT2D eigenvalue weighted by atomic mass is 9.89. The molecule has 0 radical (unpaired) electrons. The van der Waals surface area contributed by atoms with Crippen molar-refractivity contribution in [1.82, 2.24) is 0 Å². The quantitative estimate of drug-likeness (QED) is 0.684. The fraction of sp³-hybridized carbons (Fsp3) is 0.105. The Kier molecular flexibility index (Phi) is 4.10. The fourth-order valence-electron chi connectivity index (χ4n) is 2.88. The number of aromatic hydroxyl groups is 1. The van der Waals surface area contributed by atoms with E-state index in [1.165, 1.54) is 18.2 Å². The van der Waals surface area contributed by atoms with Crippen molar-refractivity contribution in [1.29, 1.82) is 0 Å². The third kappa shape index (κ3) is 2.66. The summed E-state index contributed by atoms with van der Waals surface area (Å²) in [6, 6.07) is 13.4. The maximum atomic E-state index is 11.6. The molecule has 0 aromatic heterocycles. The number of carbonyl (C=O) groups is 1. The number of aromatic carboxylic acids is 1. The highest BCUT2D eigenvalue weighted by molar-refractivity contribution is 6.05. The zero-order chi connectivity index (χ0) is 17.3. The van der Waals surface area contributed by atoms with Gasteiger partial charge in [0, 0.05) is 5.56 Å². The molecule has 0 amide bonds. The normalized spacial score (nSPS) is 10.8. The summed E-state index contributed by atoms with van der Waals surface area (Å²) in [6.45, 7) is -0.403. The van der Waals surface area contributed by atoms with E-state index in [9.17, 15) is 20.1 Å². The van der Waals surface area contributed by atoms with Gasteiger partial charge in [0.2, 0.25) is 0 Å². The average Bonchev–Trinajstić information content (AvgIpc) is 2.59. The van der Waals surface area contributed by atoms with Crippen LogP contribution in [0.2, 0.25) is 0 Å². The first-order valence-corrected chi connectivity index (χ1v) is 7.32. The van der Waals surface area contributed by atoms with Gasteiger partial charge in [0.15, 0.2) is 0 Å². The number of carboxylic acid groups (broad SMARTS) is 1. The molecule has 0 unspecified atom stereocenters. The zero-order valence-electron chi connectivity index (χ0n) is 13.0. The molecule has 0 aliphatic rings. The molecule has 3 aromatic carbocycles. The van der Waals surface area contributed by atoms with Gasteiger partial charge in [0.05, 0.1) is 19.3 Å². The molecule has 0 saturated carbocycles. The molecule has 24 heavy (non-hydrogen) atoms. The lowest BCUT2D eigenvalue weighted by molar-refractivity contribution is 0.0693. The summed E-state index contributed by atoms with van der Waals surface area (Å²) in [5, 5.41) is 30.3. The van der Waals surface area contributed by atoms with Gasteiger partial charge in [-0.15, -0.1) is 0 Å². The van der Waals surface area contributed by atoms with Gasteiger partial charge in [-0.05, 0) is 52.2 Å². The zero-order valence-corrected chi connectivity index (χ0v) is 13.0. The molecule has 0 heterocycles. The summed E-state index contributed by atoms with van der Waals surface area (Å²) >= 11 is 0. The van der Waals surface area contributed by atoms with Gasteiger partial charge in [-0.25, -0.2) is 4.79 Å². The van der Waals surface area contributed by atoms with E-state index in [-0.39, 0.29) is 11.3 Å². The summed E-state index contributed by atoms with van der Waals surface area (Å²) in [5.74, 6) is -0.393. The van der Waals surface area contributed by atoms with E-state index >= 15 is 0 Å². The van der Waals surface area contributed by atoms with Gasteiger partial charge in [0.25, 0.3) is 0 Å². The highest BCUT2D eigenvalue weighted by atomic mass is 16.5. The van der Waals surface area contributed by atoms with Gasteiger partial charge in [-0.3, -0.25) is 0 Å². The molecular formula is C19H16O5. The predicted molar refractivity (Wildman–Crippen MR) is 90.5 cm³/mol. The van der Waals surface area contributed by atoms with Crippen LogP contribution in [0.1, 0.15) is 15.9 Å². The SMILES string of the molecule is COc1ccc(-c2c(CO)c(C(=O)O)cc3cc(O)ccc23)cc1. The lowest BCUT2D eigenvalue weighted by Crippen LogP contribution is -2.05. The van der Waals surface area contributed by atoms with E-state index in [0.29, 0.717) is 22.3 Å². The van der Waals surface area contributed by atoms with E-state index in [0.717, 1.165) is 10.9 Å².